The van der Waals surface area contributed by atoms with Crippen LogP contribution in [0.1, 0.15) is 27.7 Å². The topological polar surface area (TPSA) is 29.5 Å². The molecule has 2 nitrogen and oxygen atoms in total. The van der Waals surface area contributed by atoms with Crippen molar-refractivity contribution in [1.82, 2.24) is 0 Å². The van der Waals surface area contributed by atoms with Crippen LogP contribution in [0.5, 0.6) is 0 Å². The molecular formula is C10H19F3O2. The van der Waals surface area contributed by atoms with Crippen molar-refractivity contribution in [2.24, 2.45) is 11.8 Å². The maximum absolute atomic E-state index is 12.3. The van der Waals surface area contributed by atoms with Gasteiger partial charge < -0.3 is 9.84 Å². The lowest BCUT2D eigenvalue weighted by Crippen LogP contribution is -2.35. The number of aliphatic hydroxyl groups excluding tert-OH is 1. The number of ether oxygens (including phenoxy) is 1. The number of hydrogen-bond donors (Lipinski definition) is 1. The number of aliphatic hydroxyl groups is 1. The zero-order chi connectivity index (χ0) is 12.2. The molecule has 0 aromatic rings. The average Bonchev–Trinajstić information content (AvgIpc) is 2.13. The van der Waals surface area contributed by atoms with Gasteiger partial charge in [-0.15, -0.1) is 0 Å². The monoisotopic (exact) mass is 228 g/mol. The molecule has 0 bridgehead atoms. The van der Waals surface area contributed by atoms with Crippen LogP contribution >= 0.6 is 0 Å². The molecule has 0 aromatic carbocycles. The Morgan fingerprint density at radius 2 is 1.53 bits per heavy atom. The first kappa shape index (κ1) is 14.7. The molecule has 5 heteroatoms. The smallest absolute Gasteiger partial charge is 0.394 e. The summed E-state index contributed by atoms with van der Waals surface area (Å²) in [6.45, 7) is 5.81. The SMILES string of the molecule is CC(CO)C(C)OC(C)C(C)C(F)(F)F. The Hall–Kier alpha value is -0.290. The van der Waals surface area contributed by atoms with Crippen molar-refractivity contribution in [3.63, 3.8) is 0 Å². The van der Waals surface area contributed by atoms with Crippen molar-refractivity contribution in [3.8, 4) is 0 Å². The normalized spacial score (nSPS) is 20.8. The van der Waals surface area contributed by atoms with Gasteiger partial charge in [-0.1, -0.05) is 13.8 Å². The Bertz CT molecular complexity index is 182. The molecule has 0 amide bonds. The van der Waals surface area contributed by atoms with Crippen molar-refractivity contribution < 1.29 is 23.0 Å². The molecule has 0 saturated heterocycles. The third kappa shape index (κ3) is 4.84. The molecule has 0 spiro atoms. The molecule has 0 aliphatic carbocycles. The summed E-state index contributed by atoms with van der Waals surface area (Å²) in [5.74, 6) is -1.65. The zero-order valence-corrected chi connectivity index (χ0v) is 9.51. The Kier molecular flexibility index (Phi) is 5.59. The molecule has 92 valence electrons. The summed E-state index contributed by atoms with van der Waals surface area (Å²) in [6.07, 6.45) is -5.51. The molecule has 0 fully saturated rings. The fourth-order valence-corrected chi connectivity index (χ4v) is 1.01. The first-order valence-corrected chi connectivity index (χ1v) is 5.03. The predicted octanol–water partition coefficient (Wildman–Crippen LogP) is 2.61. The number of halogens is 3. The van der Waals surface area contributed by atoms with Crippen LogP contribution in [0.2, 0.25) is 0 Å². The molecule has 4 unspecified atom stereocenters. The molecule has 0 rings (SSSR count). The molecule has 0 aliphatic heterocycles. The van der Waals surface area contributed by atoms with E-state index in [2.05, 4.69) is 0 Å². The van der Waals surface area contributed by atoms with Crippen LogP contribution in [0.25, 0.3) is 0 Å². The lowest BCUT2D eigenvalue weighted by Gasteiger charge is -2.28. The minimum atomic E-state index is -4.23. The lowest BCUT2D eigenvalue weighted by atomic mass is 10.0. The van der Waals surface area contributed by atoms with Crippen LogP contribution < -0.4 is 0 Å². The molecule has 0 heterocycles. The van der Waals surface area contributed by atoms with Gasteiger partial charge in [0.25, 0.3) is 0 Å². The van der Waals surface area contributed by atoms with Crippen LogP contribution in [-0.2, 0) is 4.74 Å². The van der Waals surface area contributed by atoms with Gasteiger partial charge in [-0.3, -0.25) is 0 Å². The summed E-state index contributed by atoms with van der Waals surface area (Å²) in [6, 6.07) is 0. The Labute approximate surface area is 88.4 Å². The Morgan fingerprint density at radius 3 is 1.87 bits per heavy atom. The lowest BCUT2D eigenvalue weighted by molar-refractivity contribution is -0.207. The number of alkyl halides is 3. The van der Waals surface area contributed by atoms with Crippen molar-refractivity contribution in [2.45, 2.75) is 46.1 Å². The zero-order valence-electron chi connectivity index (χ0n) is 9.51. The average molecular weight is 228 g/mol. The maximum Gasteiger partial charge on any atom is 0.394 e. The van der Waals surface area contributed by atoms with E-state index in [0.29, 0.717) is 0 Å². The molecule has 15 heavy (non-hydrogen) atoms. The van der Waals surface area contributed by atoms with Gasteiger partial charge in [-0.2, -0.15) is 13.2 Å². The first-order chi connectivity index (χ1) is 6.70. The summed E-state index contributed by atoms with van der Waals surface area (Å²) in [4.78, 5) is 0. The molecule has 0 saturated carbocycles. The highest BCUT2D eigenvalue weighted by atomic mass is 19.4. The van der Waals surface area contributed by atoms with E-state index >= 15 is 0 Å². The van der Waals surface area contributed by atoms with E-state index in [0.717, 1.165) is 6.92 Å². The Balaban J connectivity index is 4.19. The van der Waals surface area contributed by atoms with E-state index in [1.54, 1.807) is 13.8 Å². The summed E-state index contributed by atoms with van der Waals surface area (Å²) in [7, 11) is 0. The van der Waals surface area contributed by atoms with E-state index < -0.39 is 18.2 Å². The van der Waals surface area contributed by atoms with Crippen LogP contribution in [0.4, 0.5) is 13.2 Å². The van der Waals surface area contributed by atoms with Gasteiger partial charge in [0.05, 0.1) is 18.1 Å². The van der Waals surface area contributed by atoms with Gasteiger partial charge in [-0.25, -0.2) is 0 Å². The second-order valence-corrected chi connectivity index (χ2v) is 4.04. The number of rotatable bonds is 5. The van der Waals surface area contributed by atoms with Crippen LogP contribution in [-0.4, -0.2) is 30.1 Å². The fourth-order valence-electron chi connectivity index (χ4n) is 1.01. The summed E-state index contributed by atoms with van der Waals surface area (Å²) < 4.78 is 42.1. The van der Waals surface area contributed by atoms with Crippen molar-refractivity contribution in [3.05, 3.63) is 0 Å². The Morgan fingerprint density at radius 1 is 1.07 bits per heavy atom. The van der Waals surface area contributed by atoms with Crippen LogP contribution in [0.15, 0.2) is 0 Å². The molecule has 0 aromatic heterocycles. The summed E-state index contributed by atoms with van der Waals surface area (Å²) in [5, 5.41) is 8.81. The van der Waals surface area contributed by atoms with E-state index in [1.165, 1.54) is 6.92 Å². The van der Waals surface area contributed by atoms with Gasteiger partial charge in [0.1, 0.15) is 0 Å². The van der Waals surface area contributed by atoms with E-state index in [4.69, 9.17) is 9.84 Å². The first-order valence-electron chi connectivity index (χ1n) is 5.03. The van der Waals surface area contributed by atoms with E-state index in [1.807, 2.05) is 0 Å². The van der Waals surface area contributed by atoms with Gasteiger partial charge in [0.15, 0.2) is 0 Å². The van der Waals surface area contributed by atoms with Gasteiger partial charge in [-0.05, 0) is 13.8 Å². The third-order valence-electron chi connectivity index (χ3n) is 2.74. The summed E-state index contributed by atoms with van der Waals surface area (Å²) in [5.41, 5.74) is 0. The molecule has 4 atom stereocenters. The molecular weight excluding hydrogens is 209 g/mol. The molecule has 0 aliphatic rings. The molecule has 0 radical (unpaired) electrons. The van der Waals surface area contributed by atoms with E-state index in [-0.39, 0.29) is 18.6 Å². The minimum absolute atomic E-state index is 0.0890. The maximum atomic E-state index is 12.3. The van der Waals surface area contributed by atoms with Gasteiger partial charge >= 0.3 is 6.18 Å². The largest absolute Gasteiger partial charge is 0.396 e. The third-order valence-corrected chi connectivity index (χ3v) is 2.74. The highest BCUT2D eigenvalue weighted by Crippen LogP contribution is 2.30. The quantitative estimate of drug-likeness (QED) is 0.783. The predicted molar refractivity (Wildman–Crippen MR) is 51.5 cm³/mol. The molecule has 1 N–H and O–H groups in total. The van der Waals surface area contributed by atoms with Crippen LogP contribution in [0.3, 0.4) is 0 Å². The van der Waals surface area contributed by atoms with E-state index in [9.17, 15) is 13.2 Å². The standard InChI is InChI=1S/C10H19F3O2/c1-6(5-14)8(3)15-9(4)7(2)10(11,12)13/h6-9,14H,5H2,1-4H3. The van der Waals surface area contributed by atoms with Crippen molar-refractivity contribution in [1.29, 1.82) is 0 Å². The van der Waals surface area contributed by atoms with Gasteiger partial charge in [0.2, 0.25) is 0 Å². The van der Waals surface area contributed by atoms with Gasteiger partial charge in [0, 0.05) is 12.5 Å². The second kappa shape index (κ2) is 5.70. The fraction of sp³-hybridized carbons (Fsp3) is 1.00. The number of hydrogen-bond acceptors (Lipinski definition) is 2. The summed E-state index contributed by atoms with van der Waals surface area (Å²) >= 11 is 0. The second-order valence-electron chi connectivity index (χ2n) is 4.04. The highest BCUT2D eigenvalue weighted by Gasteiger charge is 2.40. The minimum Gasteiger partial charge on any atom is -0.396 e. The highest BCUT2D eigenvalue weighted by molar-refractivity contribution is 4.71. The van der Waals surface area contributed by atoms with Crippen molar-refractivity contribution in [2.75, 3.05) is 6.61 Å². The van der Waals surface area contributed by atoms with Crippen molar-refractivity contribution >= 4 is 0 Å². The van der Waals surface area contributed by atoms with Crippen LogP contribution in [0, 0.1) is 11.8 Å².